The van der Waals surface area contributed by atoms with Crippen molar-refractivity contribution in [3.8, 4) is 0 Å². The number of rotatable bonds is 0. The molecule has 2 aromatic rings. The third-order valence-electron chi connectivity index (χ3n) is 1.66. The van der Waals surface area contributed by atoms with E-state index in [1.165, 1.54) is 10.1 Å². The molecule has 0 atom stereocenters. The Morgan fingerprint density at radius 1 is 1.42 bits per heavy atom. The lowest BCUT2D eigenvalue weighted by atomic mass is 10.2. The van der Waals surface area contributed by atoms with Crippen molar-refractivity contribution in [2.45, 2.75) is 0 Å². The lowest BCUT2D eigenvalue weighted by molar-refractivity contribution is 1.73. The van der Waals surface area contributed by atoms with Crippen LogP contribution < -0.4 is 5.73 Å². The van der Waals surface area contributed by atoms with Crippen LogP contribution in [0.15, 0.2) is 22.0 Å². The molecule has 0 aliphatic rings. The number of nitrogens with two attached hydrogens (primary N) is 1. The Bertz CT molecular complexity index is 438. The van der Waals surface area contributed by atoms with Crippen LogP contribution in [0.2, 0.25) is 0 Å². The van der Waals surface area contributed by atoms with Crippen LogP contribution in [0.25, 0.3) is 10.1 Å². The van der Waals surface area contributed by atoms with Crippen LogP contribution in [-0.2, 0) is 0 Å². The Morgan fingerprint density at radius 3 is 2.92 bits per heavy atom. The highest BCUT2D eigenvalue weighted by Gasteiger charge is 2.06. The summed E-state index contributed by atoms with van der Waals surface area (Å²) in [6, 6.07) is 4.00. The number of nitrogen functional groups attached to an aromatic ring is 1. The Labute approximate surface area is 96.2 Å². The highest BCUT2D eigenvalue weighted by molar-refractivity contribution is 14.1. The molecular formula is C8H5BrINS. The first kappa shape index (κ1) is 8.77. The highest BCUT2D eigenvalue weighted by atomic mass is 127. The van der Waals surface area contributed by atoms with Crippen LogP contribution >= 0.6 is 49.9 Å². The fourth-order valence-electron chi connectivity index (χ4n) is 1.05. The second kappa shape index (κ2) is 3.16. The van der Waals surface area contributed by atoms with Crippen LogP contribution in [0, 0.1) is 3.57 Å². The quantitative estimate of drug-likeness (QED) is 0.565. The van der Waals surface area contributed by atoms with Gasteiger partial charge in [-0.2, -0.15) is 0 Å². The summed E-state index contributed by atoms with van der Waals surface area (Å²) in [5.41, 5.74) is 6.64. The lowest BCUT2D eigenvalue weighted by Crippen LogP contribution is -1.87. The SMILES string of the molecule is Nc1ccc2c(Br)csc2c1I. The van der Waals surface area contributed by atoms with E-state index >= 15 is 0 Å². The van der Waals surface area contributed by atoms with Gasteiger partial charge in [0.2, 0.25) is 0 Å². The fourth-order valence-corrected chi connectivity index (χ4v) is 3.52. The van der Waals surface area contributed by atoms with E-state index in [1.807, 2.05) is 12.1 Å². The zero-order valence-electron chi connectivity index (χ0n) is 5.97. The summed E-state index contributed by atoms with van der Waals surface area (Å²) in [6.07, 6.45) is 0. The van der Waals surface area contributed by atoms with Crippen LogP contribution in [0.4, 0.5) is 5.69 Å². The van der Waals surface area contributed by atoms with Crippen LogP contribution in [0.5, 0.6) is 0 Å². The lowest BCUT2D eigenvalue weighted by Gasteiger charge is -1.98. The van der Waals surface area contributed by atoms with Gasteiger partial charge in [-0.1, -0.05) is 6.07 Å². The van der Waals surface area contributed by atoms with Crippen molar-refractivity contribution in [1.29, 1.82) is 0 Å². The first-order valence-corrected chi connectivity index (χ1v) is 6.06. The summed E-state index contributed by atoms with van der Waals surface area (Å²) in [4.78, 5) is 0. The van der Waals surface area contributed by atoms with E-state index in [4.69, 9.17) is 5.73 Å². The molecule has 0 spiro atoms. The minimum atomic E-state index is 0.859. The maximum absolute atomic E-state index is 5.78. The normalized spacial score (nSPS) is 10.8. The van der Waals surface area contributed by atoms with E-state index in [1.54, 1.807) is 11.3 Å². The van der Waals surface area contributed by atoms with Crippen LogP contribution in [0.3, 0.4) is 0 Å². The van der Waals surface area contributed by atoms with Gasteiger partial charge >= 0.3 is 0 Å². The number of halogens is 2. The summed E-state index contributed by atoms with van der Waals surface area (Å²) in [5, 5.41) is 3.34. The monoisotopic (exact) mass is 353 g/mol. The number of fused-ring (bicyclic) bond motifs is 1. The van der Waals surface area contributed by atoms with E-state index in [-0.39, 0.29) is 0 Å². The molecule has 0 fully saturated rings. The molecule has 2 N–H and O–H groups in total. The van der Waals surface area contributed by atoms with Crippen molar-refractivity contribution in [3.63, 3.8) is 0 Å². The second-order valence-corrected chi connectivity index (χ2v) is 5.24. The first-order valence-electron chi connectivity index (χ1n) is 3.31. The van der Waals surface area contributed by atoms with Crippen molar-refractivity contribution in [1.82, 2.24) is 0 Å². The molecule has 62 valence electrons. The molecule has 1 nitrogen and oxygen atoms in total. The smallest absolute Gasteiger partial charge is 0.0538 e. The van der Waals surface area contributed by atoms with Gasteiger partial charge in [0.15, 0.2) is 0 Å². The zero-order chi connectivity index (χ0) is 8.72. The largest absolute Gasteiger partial charge is 0.398 e. The summed E-state index contributed by atoms with van der Waals surface area (Å²) >= 11 is 7.49. The van der Waals surface area contributed by atoms with Crippen molar-refractivity contribution < 1.29 is 0 Å². The fraction of sp³-hybridized carbons (Fsp3) is 0. The molecule has 0 bridgehead atoms. The van der Waals surface area contributed by atoms with Gasteiger partial charge in [0.1, 0.15) is 0 Å². The Balaban J connectivity index is 2.93. The molecule has 0 saturated heterocycles. The minimum Gasteiger partial charge on any atom is -0.398 e. The topological polar surface area (TPSA) is 26.0 Å². The molecule has 0 amide bonds. The molecule has 0 aliphatic heterocycles. The number of benzene rings is 1. The molecule has 2 rings (SSSR count). The highest BCUT2D eigenvalue weighted by Crippen LogP contribution is 2.35. The molecule has 1 aromatic heterocycles. The predicted octanol–water partition coefficient (Wildman–Crippen LogP) is 3.85. The van der Waals surface area contributed by atoms with Gasteiger partial charge in [-0.15, -0.1) is 11.3 Å². The molecule has 0 aliphatic carbocycles. The molecule has 12 heavy (non-hydrogen) atoms. The van der Waals surface area contributed by atoms with E-state index in [0.717, 1.165) is 13.7 Å². The Morgan fingerprint density at radius 2 is 2.17 bits per heavy atom. The number of thiophene rings is 1. The van der Waals surface area contributed by atoms with Gasteiger partial charge in [-0.3, -0.25) is 0 Å². The van der Waals surface area contributed by atoms with Gasteiger partial charge < -0.3 is 5.73 Å². The van der Waals surface area contributed by atoms with Gasteiger partial charge in [0.25, 0.3) is 0 Å². The van der Waals surface area contributed by atoms with Crippen molar-refractivity contribution in [2.75, 3.05) is 5.73 Å². The summed E-state index contributed by atoms with van der Waals surface area (Å²) in [5.74, 6) is 0. The predicted molar refractivity (Wildman–Crippen MR) is 66.7 cm³/mol. The van der Waals surface area contributed by atoms with E-state index < -0.39 is 0 Å². The molecule has 0 unspecified atom stereocenters. The van der Waals surface area contributed by atoms with Gasteiger partial charge in [-0.25, -0.2) is 0 Å². The maximum Gasteiger partial charge on any atom is 0.0538 e. The third-order valence-corrected chi connectivity index (χ3v) is 5.17. The standard InChI is InChI=1S/C8H5BrINS/c9-5-3-12-8-4(5)1-2-6(11)7(8)10/h1-3H,11H2. The minimum absolute atomic E-state index is 0.859. The molecule has 0 saturated carbocycles. The van der Waals surface area contributed by atoms with Crippen molar-refractivity contribution in [2.24, 2.45) is 0 Å². The van der Waals surface area contributed by atoms with E-state index in [0.29, 0.717) is 0 Å². The van der Waals surface area contributed by atoms with Crippen molar-refractivity contribution >= 4 is 65.6 Å². The van der Waals surface area contributed by atoms with E-state index in [9.17, 15) is 0 Å². The average molecular weight is 354 g/mol. The summed E-state index contributed by atoms with van der Waals surface area (Å²) in [6.45, 7) is 0. The molecular weight excluding hydrogens is 349 g/mol. The van der Waals surface area contributed by atoms with Gasteiger partial charge in [0, 0.05) is 20.9 Å². The molecule has 1 heterocycles. The summed E-state index contributed by atoms with van der Waals surface area (Å²) in [7, 11) is 0. The number of anilines is 1. The van der Waals surface area contributed by atoms with Crippen molar-refractivity contribution in [3.05, 3.63) is 25.6 Å². The zero-order valence-corrected chi connectivity index (χ0v) is 10.5. The van der Waals surface area contributed by atoms with Gasteiger partial charge in [-0.05, 0) is 44.6 Å². The third kappa shape index (κ3) is 1.25. The average Bonchev–Trinajstić information content (AvgIpc) is 2.41. The van der Waals surface area contributed by atoms with Gasteiger partial charge in [0.05, 0.1) is 8.27 Å². The van der Waals surface area contributed by atoms with Crippen LogP contribution in [-0.4, -0.2) is 0 Å². The second-order valence-electron chi connectivity index (χ2n) is 2.43. The molecule has 0 radical (unpaired) electrons. The number of hydrogen-bond donors (Lipinski definition) is 1. The van der Waals surface area contributed by atoms with E-state index in [2.05, 4.69) is 43.9 Å². The Kier molecular flexibility index (Phi) is 2.31. The number of hydrogen-bond acceptors (Lipinski definition) is 2. The molecule has 4 heteroatoms. The first-order chi connectivity index (χ1) is 5.70. The maximum atomic E-state index is 5.78. The molecule has 1 aromatic carbocycles. The Hall–Kier alpha value is 0.190. The van der Waals surface area contributed by atoms with Crippen LogP contribution in [0.1, 0.15) is 0 Å². The summed E-state index contributed by atoms with van der Waals surface area (Å²) < 4.78 is 3.57.